The number of amides is 1. The molecule has 0 radical (unpaired) electrons. The molecular formula is C22H28F2N4O. The molecule has 0 aliphatic carbocycles. The lowest BCUT2D eigenvalue weighted by Gasteiger charge is -2.38. The van der Waals surface area contributed by atoms with E-state index in [4.69, 9.17) is 0 Å². The average Bonchev–Trinajstić information content (AvgIpc) is 2.71. The van der Waals surface area contributed by atoms with Crippen molar-refractivity contribution in [2.24, 2.45) is 0 Å². The van der Waals surface area contributed by atoms with Crippen LogP contribution in [0.2, 0.25) is 0 Å². The van der Waals surface area contributed by atoms with E-state index in [0.29, 0.717) is 6.54 Å². The first kappa shape index (κ1) is 21.2. The molecule has 7 heteroatoms. The molecule has 1 aliphatic heterocycles. The third-order valence-electron chi connectivity index (χ3n) is 5.41. The minimum Gasteiger partial charge on any atom is -0.378 e. The fraction of sp³-hybridized carbons (Fsp3) is 0.409. The van der Waals surface area contributed by atoms with Gasteiger partial charge in [-0.1, -0.05) is 12.1 Å². The molecule has 0 unspecified atom stereocenters. The molecule has 1 atom stereocenters. The first-order chi connectivity index (χ1) is 13.8. The molecule has 0 aromatic heterocycles. The summed E-state index contributed by atoms with van der Waals surface area (Å²) in [5.74, 6) is -2.39. The number of carbonyl (C=O) groups excluding carboxylic acids is 1. The van der Waals surface area contributed by atoms with Gasteiger partial charge in [-0.25, -0.2) is 8.78 Å². The number of rotatable bonds is 6. The highest BCUT2D eigenvalue weighted by Gasteiger charge is 2.25. The number of hydrogen-bond donors (Lipinski definition) is 1. The Morgan fingerprint density at radius 1 is 1.03 bits per heavy atom. The van der Waals surface area contributed by atoms with Gasteiger partial charge in [-0.15, -0.1) is 0 Å². The maximum absolute atomic E-state index is 13.5. The Balaban J connectivity index is 1.75. The number of piperazine rings is 1. The van der Waals surface area contributed by atoms with Gasteiger partial charge in [0.2, 0.25) is 0 Å². The second kappa shape index (κ2) is 9.33. The smallest absolute Gasteiger partial charge is 0.251 e. The summed E-state index contributed by atoms with van der Waals surface area (Å²) in [5, 5.41) is 2.90. The van der Waals surface area contributed by atoms with Crippen molar-refractivity contribution in [3.63, 3.8) is 0 Å². The van der Waals surface area contributed by atoms with Crippen LogP contribution >= 0.6 is 0 Å². The van der Waals surface area contributed by atoms with Crippen LogP contribution in [0.1, 0.15) is 22.0 Å². The number of nitrogens with zero attached hydrogens (tertiary/aromatic N) is 3. The molecule has 0 bridgehead atoms. The Bertz CT molecular complexity index is 833. The van der Waals surface area contributed by atoms with Gasteiger partial charge >= 0.3 is 0 Å². The van der Waals surface area contributed by atoms with Gasteiger partial charge in [-0.2, -0.15) is 0 Å². The number of likely N-dealkylation sites (N-methyl/N-ethyl adjacent to an activating group) is 1. The van der Waals surface area contributed by atoms with Crippen LogP contribution in [0.4, 0.5) is 14.5 Å². The van der Waals surface area contributed by atoms with Crippen LogP contribution < -0.4 is 10.2 Å². The number of halogens is 2. The summed E-state index contributed by atoms with van der Waals surface area (Å²) >= 11 is 0. The zero-order valence-corrected chi connectivity index (χ0v) is 17.2. The van der Waals surface area contributed by atoms with Gasteiger partial charge in [0.1, 0.15) is 0 Å². The van der Waals surface area contributed by atoms with Crippen molar-refractivity contribution in [1.82, 2.24) is 15.1 Å². The summed E-state index contributed by atoms with van der Waals surface area (Å²) in [5.41, 5.74) is 2.34. The van der Waals surface area contributed by atoms with Crippen LogP contribution in [-0.2, 0) is 0 Å². The first-order valence-electron chi connectivity index (χ1n) is 9.78. The molecule has 2 aromatic rings. The average molecular weight is 402 g/mol. The van der Waals surface area contributed by atoms with Gasteiger partial charge in [0.25, 0.3) is 5.91 Å². The van der Waals surface area contributed by atoms with Crippen LogP contribution in [-0.4, -0.2) is 69.6 Å². The fourth-order valence-electron chi connectivity index (χ4n) is 3.51. The van der Waals surface area contributed by atoms with Gasteiger partial charge in [-0.3, -0.25) is 9.69 Å². The van der Waals surface area contributed by atoms with Crippen LogP contribution in [0.3, 0.4) is 0 Å². The lowest BCUT2D eigenvalue weighted by molar-refractivity contribution is 0.0886. The molecule has 0 spiro atoms. The van der Waals surface area contributed by atoms with E-state index in [1.807, 2.05) is 19.0 Å². The molecule has 1 amide bonds. The van der Waals surface area contributed by atoms with Crippen LogP contribution in [0, 0.1) is 11.6 Å². The van der Waals surface area contributed by atoms with Crippen molar-refractivity contribution in [2.75, 3.05) is 58.8 Å². The maximum atomic E-state index is 13.5. The van der Waals surface area contributed by atoms with Gasteiger partial charge in [-0.05, 0) is 42.9 Å². The summed E-state index contributed by atoms with van der Waals surface area (Å²) in [7, 11) is 6.09. The summed E-state index contributed by atoms with van der Waals surface area (Å²) in [6, 6.07) is 11.5. The monoisotopic (exact) mass is 402 g/mol. The van der Waals surface area contributed by atoms with E-state index in [-0.39, 0.29) is 11.6 Å². The predicted octanol–water partition coefficient (Wildman–Crippen LogP) is 2.75. The summed E-state index contributed by atoms with van der Waals surface area (Å²) < 4.78 is 26.6. The minimum atomic E-state index is -1.02. The molecule has 1 heterocycles. The van der Waals surface area contributed by atoms with Crippen LogP contribution in [0.5, 0.6) is 0 Å². The molecule has 1 fully saturated rings. The number of benzene rings is 2. The molecule has 156 valence electrons. The largest absolute Gasteiger partial charge is 0.378 e. The van der Waals surface area contributed by atoms with Gasteiger partial charge in [0, 0.05) is 58.1 Å². The quantitative estimate of drug-likeness (QED) is 0.807. The predicted molar refractivity (Wildman–Crippen MR) is 111 cm³/mol. The van der Waals surface area contributed by atoms with E-state index in [1.165, 1.54) is 6.07 Å². The first-order valence-corrected chi connectivity index (χ1v) is 9.78. The minimum absolute atomic E-state index is 0.00848. The molecular weight excluding hydrogens is 374 g/mol. The molecule has 5 nitrogen and oxygen atoms in total. The van der Waals surface area contributed by atoms with Crippen molar-refractivity contribution < 1.29 is 13.6 Å². The number of anilines is 1. The number of carbonyl (C=O) groups is 1. The highest BCUT2D eigenvalue weighted by molar-refractivity contribution is 5.94. The standard InChI is InChI=1S/C22H28F2N4O/c1-26(2)18-7-4-16(5-8-18)21(28-12-10-27(3)11-13-28)15-25-22(29)17-6-9-19(23)20(24)14-17/h4-9,14,21H,10-13,15H2,1-3H3,(H,25,29)/t21-/m0/s1. The fourth-order valence-corrected chi connectivity index (χ4v) is 3.51. The van der Waals surface area contributed by atoms with Crippen LogP contribution in [0.25, 0.3) is 0 Å². The lowest BCUT2D eigenvalue weighted by Crippen LogP contribution is -2.48. The van der Waals surface area contributed by atoms with Crippen molar-refractivity contribution in [3.05, 3.63) is 65.2 Å². The van der Waals surface area contributed by atoms with E-state index in [2.05, 4.69) is 46.4 Å². The van der Waals surface area contributed by atoms with E-state index in [9.17, 15) is 13.6 Å². The third-order valence-corrected chi connectivity index (χ3v) is 5.41. The highest BCUT2D eigenvalue weighted by Crippen LogP contribution is 2.24. The zero-order valence-electron chi connectivity index (χ0n) is 17.2. The third kappa shape index (κ3) is 5.31. The van der Waals surface area contributed by atoms with Crippen LogP contribution in [0.15, 0.2) is 42.5 Å². The van der Waals surface area contributed by atoms with Crippen molar-refractivity contribution in [2.45, 2.75) is 6.04 Å². The second-order valence-corrected chi connectivity index (χ2v) is 7.68. The molecule has 1 N–H and O–H groups in total. The number of hydrogen-bond acceptors (Lipinski definition) is 4. The normalized spacial score (nSPS) is 16.4. The van der Waals surface area contributed by atoms with E-state index >= 15 is 0 Å². The van der Waals surface area contributed by atoms with Gasteiger partial charge in [0.15, 0.2) is 11.6 Å². The second-order valence-electron chi connectivity index (χ2n) is 7.68. The SMILES string of the molecule is CN1CCN([C@@H](CNC(=O)c2ccc(F)c(F)c2)c2ccc(N(C)C)cc2)CC1. The van der Waals surface area contributed by atoms with Gasteiger partial charge < -0.3 is 15.1 Å². The van der Waals surface area contributed by atoms with E-state index in [1.54, 1.807) is 0 Å². The zero-order chi connectivity index (χ0) is 21.0. The summed E-state index contributed by atoms with van der Waals surface area (Å²) in [4.78, 5) is 19.2. The highest BCUT2D eigenvalue weighted by atomic mass is 19.2. The van der Waals surface area contributed by atoms with Crippen molar-refractivity contribution in [3.8, 4) is 0 Å². The molecule has 3 rings (SSSR count). The van der Waals surface area contributed by atoms with Crippen molar-refractivity contribution >= 4 is 11.6 Å². The lowest BCUT2D eigenvalue weighted by atomic mass is 10.0. The Hall–Kier alpha value is -2.51. The maximum Gasteiger partial charge on any atom is 0.251 e. The Morgan fingerprint density at radius 2 is 1.69 bits per heavy atom. The molecule has 29 heavy (non-hydrogen) atoms. The Morgan fingerprint density at radius 3 is 2.28 bits per heavy atom. The number of nitrogens with one attached hydrogen (secondary N) is 1. The summed E-state index contributed by atoms with van der Waals surface area (Å²) in [6.07, 6.45) is 0. The Labute approximate surface area is 170 Å². The molecule has 0 saturated carbocycles. The molecule has 1 saturated heterocycles. The summed E-state index contributed by atoms with van der Waals surface area (Å²) in [6.45, 7) is 4.12. The van der Waals surface area contributed by atoms with E-state index in [0.717, 1.165) is 49.6 Å². The van der Waals surface area contributed by atoms with E-state index < -0.39 is 17.5 Å². The molecule has 2 aromatic carbocycles. The molecule has 1 aliphatic rings. The topological polar surface area (TPSA) is 38.8 Å². The van der Waals surface area contributed by atoms with Crippen molar-refractivity contribution in [1.29, 1.82) is 0 Å². The Kier molecular flexibility index (Phi) is 6.82. The van der Waals surface area contributed by atoms with Gasteiger partial charge in [0.05, 0.1) is 6.04 Å².